The van der Waals surface area contributed by atoms with Gasteiger partial charge in [0, 0.05) is 10.3 Å². The summed E-state index contributed by atoms with van der Waals surface area (Å²) >= 11 is 4.34. The van der Waals surface area contributed by atoms with Crippen LogP contribution in [0.5, 0.6) is 0 Å². The van der Waals surface area contributed by atoms with Crippen LogP contribution in [0.25, 0.3) is 16.2 Å². The predicted molar refractivity (Wildman–Crippen MR) is 133 cm³/mol. The van der Waals surface area contributed by atoms with Crippen LogP contribution in [-0.2, 0) is 22.4 Å². The molecule has 1 aliphatic rings. The summed E-state index contributed by atoms with van der Waals surface area (Å²) in [7, 11) is 0. The molecule has 0 saturated heterocycles. The van der Waals surface area contributed by atoms with Crippen molar-refractivity contribution in [2.24, 2.45) is 0 Å². The van der Waals surface area contributed by atoms with E-state index in [1.165, 1.54) is 39.3 Å². The van der Waals surface area contributed by atoms with Gasteiger partial charge in [-0.25, -0.2) is 4.79 Å². The number of hydrogen-bond donors (Lipinski definition) is 1. The van der Waals surface area contributed by atoms with Gasteiger partial charge in [0.2, 0.25) is 10.9 Å². The molecule has 0 fully saturated rings. The molecule has 170 valence electrons. The van der Waals surface area contributed by atoms with Crippen molar-refractivity contribution in [1.82, 2.24) is 14.6 Å². The van der Waals surface area contributed by atoms with E-state index in [2.05, 4.69) is 15.5 Å². The van der Waals surface area contributed by atoms with Gasteiger partial charge in [-0.1, -0.05) is 42.1 Å². The molecular formula is C23H22N4O3S3. The Bertz CT molecular complexity index is 1310. The third kappa shape index (κ3) is 4.42. The lowest BCUT2D eigenvalue weighted by Crippen LogP contribution is -2.17. The van der Waals surface area contributed by atoms with E-state index < -0.39 is 0 Å². The van der Waals surface area contributed by atoms with Gasteiger partial charge in [-0.05, 0) is 43.7 Å². The Labute approximate surface area is 203 Å². The summed E-state index contributed by atoms with van der Waals surface area (Å²) in [5.41, 5.74) is 3.64. The Morgan fingerprint density at radius 1 is 1.18 bits per heavy atom. The summed E-state index contributed by atoms with van der Waals surface area (Å²) < 4.78 is 7.26. The Balaban J connectivity index is 1.34. The Hall–Kier alpha value is -2.69. The van der Waals surface area contributed by atoms with Gasteiger partial charge in [0.05, 0.1) is 23.6 Å². The number of aromatic nitrogens is 3. The van der Waals surface area contributed by atoms with Gasteiger partial charge in [-0.15, -0.1) is 32.9 Å². The van der Waals surface area contributed by atoms with E-state index >= 15 is 0 Å². The summed E-state index contributed by atoms with van der Waals surface area (Å²) in [4.78, 5) is 27.4. The van der Waals surface area contributed by atoms with Gasteiger partial charge in [-0.2, -0.15) is 0 Å². The van der Waals surface area contributed by atoms with Gasteiger partial charge in [0.15, 0.2) is 5.16 Å². The number of nitrogens with zero attached hydrogens (tertiary/aromatic N) is 3. The minimum absolute atomic E-state index is 0.162. The van der Waals surface area contributed by atoms with Crippen LogP contribution in [0.4, 0.5) is 5.00 Å². The molecule has 7 nitrogen and oxygen atoms in total. The van der Waals surface area contributed by atoms with Crippen LogP contribution in [0.3, 0.4) is 0 Å². The van der Waals surface area contributed by atoms with Crippen LogP contribution in [-0.4, -0.2) is 38.8 Å². The maximum atomic E-state index is 12.9. The number of thiophene rings is 1. The number of amides is 1. The van der Waals surface area contributed by atoms with E-state index in [0.717, 1.165) is 47.5 Å². The zero-order valence-electron chi connectivity index (χ0n) is 18.0. The lowest BCUT2D eigenvalue weighted by Gasteiger charge is -2.12. The molecule has 0 saturated carbocycles. The Morgan fingerprint density at radius 2 is 2.00 bits per heavy atom. The highest BCUT2D eigenvalue weighted by Gasteiger charge is 2.27. The van der Waals surface area contributed by atoms with Gasteiger partial charge >= 0.3 is 5.97 Å². The molecule has 1 aromatic carbocycles. The van der Waals surface area contributed by atoms with Crippen molar-refractivity contribution in [3.8, 4) is 11.3 Å². The molecule has 1 amide bonds. The quantitative estimate of drug-likeness (QED) is 0.275. The fourth-order valence-corrected chi connectivity index (χ4v) is 6.90. The number of nitrogens with one attached hydrogen (secondary N) is 1. The van der Waals surface area contributed by atoms with Crippen LogP contribution in [0.2, 0.25) is 0 Å². The van der Waals surface area contributed by atoms with Crippen molar-refractivity contribution in [3.63, 3.8) is 0 Å². The molecule has 10 heteroatoms. The molecule has 0 unspecified atom stereocenters. The average molecular weight is 499 g/mol. The standard InChI is InChI=1S/C23H22N4O3S3/c1-2-30-21(29)19-15-10-6-7-11-17(15)33-20(19)24-18(28)13-32-23-26-25-22-27(23)16(12-31-22)14-8-4-3-5-9-14/h3-5,8-9,12H,2,6-7,10-11,13H2,1H3,(H,24,28). The number of rotatable bonds is 7. The topological polar surface area (TPSA) is 85.6 Å². The first kappa shape index (κ1) is 22.1. The number of hydrogen-bond acceptors (Lipinski definition) is 8. The average Bonchev–Trinajstić information content (AvgIpc) is 3.52. The van der Waals surface area contributed by atoms with E-state index in [-0.39, 0.29) is 17.6 Å². The van der Waals surface area contributed by atoms with Crippen molar-refractivity contribution in [2.45, 2.75) is 37.8 Å². The van der Waals surface area contributed by atoms with Gasteiger partial charge in [-0.3, -0.25) is 9.20 Å². The normalized spacial score (nSPS) is 13.1. The first-order valence-corrected chi connectivity index (χ1v) is 13.5. The highest BCUT2D eigenvalue weighted by molar-refractivity contribution is 7.99. The second kappa shape index (κ2) is 9.66. The number of ether oxygens (including phenoxy) is 1. The smallest absolute Gasteiger partial charge is 0.341 e. The predicted octanol–water partition coefficient (Wildman–Crippen LogP) is 5.31. The molecule has 0 spiro atoms. The third-order valence-electron chi connectivity index (χ3n) is 5.43. The highest BCUT2D eigenvalue weighted by atomic mass is 32.2. The zero-order chi connectivity index (χ0) is 22.8. The van der Waals surface area contributed by atoms with Crippen molar-refractivity contribution in [3.05, 3.63) is 51.7 Å². The molecule has 3 aromatic heterocycles. The van der Waals surface area contributed by atoms with Crippen molar-refractivity contribution in [1.29, 1.82) is 0 Å². The Morgan fingerprint density at radius 3 is 2.82 bits per heavy atom. The van der Waals surface area contributed by atoms with Crippen LogP contribution in [0.1, 0.15) is 40.6 Å². The number of carbonyl (C=O) groups is 2. The summed E-state index contributed by atoms with van der Waals surface area (Å²) in [5.74, 6) is -0.377. The SMILES string of the molecule is CCOC(=O)c1c(NC(=O)CSc2nnc3scc(-c4ccccc4)n23)sc2c1CCCC2. The minimum atomic E-state index is -0.357. The van der Waals surface area contributed by atoms with E-state index in [4.69, 9.17) is 4.74 Å². The molecule has 4 aromatic rings. The number of thiazole rings is 1. The van der Waals surface area contributed by atoms with Crippen LogP contribution in [0.15, 0.2) is 40.9 Å². The van der Waals surface area contributed by atoms with Crippen molar-refractivity contribution in [2.75, 3.05) is 17.7 Å². The molecular weight excluding hydrogens is 476 g/mol. The minimum Gasteiger partial charge on any atom is -0.462 e. The number of esters is 1. The van der Waals surface area contributed by atoms with E-state index in [9.17, 15) is 9.59 Å². The van der Waals surface area contributed by atoms with E-state index in [0.29, 0.717) is 22.3 Å². The lowest BCUT2D eigenvalue weighted by molar-refractivity contribution is -0.113. The number of anilines is 1. The number of aryl methyl sites for hydroxylation is 1. The van der Waals surface area contributed by atoms with E-state index in [1.54, 1.807) is 6.92 Å². The number of carbonyl (C=O) groups excluding carboxylic acids is 2. The van der Waals surface area contributed by atoms with Gasteiger partial charge in [0.1, 0.15) is 5.00 Å². The largest absolute Gasteiger partial charge is 0.462 e. The zero-order valence-corrected chi connectivity index (χ0v) is 20.4. The van der Waals surface area contributed by atoms with Crippen LogP contribution < -0.4 is 5.32 Å². The molecule has 1 aliphatic carbocycles. The highest BCUT2D eigenvalue weighted by Crippen LogP contribution is 2.39. The maximum absolute atomic E-state index is 12.9. The molecule has 0 radical (unpaired) electrons. The summed E-state index contributed by atoms with van der Waals surface area (Å²) in [6.07, 6.45) is 3.94. The summed E-state index contributed by atoms with van der Waals surface area (Å²) in [5, 5.41) is 14.8. The van der Waals surface area contributed by atoms with Crippen molar-refractivity contribution < 1.29 is 14.3 Å². The monoisotopic (exact) mass is 498 g/mol. The third-order valence-corrected chi connectivity index (χ3v) is 8.38. The second-order valence-electron chi connectivity index (χ2n) is 7.56. The molecule has 0 atom stereocenters. The summed E-state index contributed by atoms with van der Waals surface area (Å²) in [6, 6.07) is 10.0. The maximum Gasteiger partial charge on any atom is 0.341 e. The van der Waals surface area contributed by atoms with Crippen LogP contribution in [0, 0.1) is 0 Å². The van der Waals surface area contributed by atoms with Crippen molar-refractivity contribution >= 4 is 56.3 Å². The fourth-order valence-electron chi connectivity index (χ4n) is 3.97. The van der Waals surface area contributed by atoms with Gasteiger partial charge in [0.25, 0.3) is 0 Å². The molecule has 5 rings (SSSR count). The first-order chi connectivity index (χ1) is 16.2. The molecule has 1 N–H and O–H groups in total. The molecule has 0 aliphatic heterocycles. The lowest BCUT2D eigenvalue weighted by atomic mass is 9.95. The second-order valence-corrected chi connectivity index (χ2v) is 10.4. The fraction of sp³-hybridized carbons (Fsp3) is 0.304. The molecule has 0 bridgehead atoms. The van der Waals surface area contributed by atoms with Gasteiger partial charge < -0.3 is 10.1 Å². The van der Waals surface area contributed by atoms with E-state index in [1.807, 2.05) is 40.1 Å². The first-order valence-electron chi connectivity index (χ1n) is 10.8. The Kier molecular flexibility index (Phi) is 6.48. The molecule has 3 heterocycles. The van der Waals surface area contributed by atoms with Crippen LogP contribution >= 0.6 is 34.4 Å². The number of thioether (sulfide) groups is 1. The number of fused-ring (bicyclic) bond motifs is 2. The number of benzene rings is 1. The molecule has 33 heavy (non-hydrogen) atoms. The summed E-state index contributed by atoms with van der Waals surface area (Å²) in [6.45, 7) is 2.10.